The quantitative estimate of drug-likeness (QED) is 0.682. The summed E-state index contributed by atoms with van der Waals surface area (Å²) < 4.78 is 16.0. The van der Waals surface area contributed by atoms with Crippen LogP contribution in [0.15, 0.2) is 0 Å². The molecule has 0 aromatic heterocycles. The van der Waals surface area contributed by atoms with E-state index in [1.807, 2.05) is 0 Å². The van der Waals surface area contributed by atoms with Gasteiger partial charge in [-0.2, -0.15) is 0 Å². The van der Waals surface area contributed by atoms with E-state index in [2.05, 4.69) is 0 Å². The smallest absolute Gasteiger partial charge is 0.186 e. The number of aliphatic hydroxyl groups excluding tert-OH is 2. The van der Waals surface area contributed by atoms with Crippen molar-refractivity contribution in [2.24, 2.45) is 0 Å². The maximum absolute atomic E-state index is 9.60. The summed E-state index contributed by atoms with van der Waals surface area (Å²) in [7, 11) is 0. The molecule has 0 amide bonds. The molecule has 0 spiro atoms. The van der Waals surface area contributed by atoms with Crippen LogP contribution in [-0.2, 0) is 14.2 Å². The van der Waals surface area contributed by atoms with Gasteiger partial charge in [0, 0.05) is 13.2 Å². The van der Waals surface area contributed by atoms with E-state index in [0.29, 0.717) is 26.1 Å². The molecule has 2 aliphatic heterocycles. The van der Waals surface area contributed by atoms with Gasteiger partial charge in [-0.15, -0.1) is 0 Å². The SMILES string of the molecule is OC1CCCOC1OC1OCCCC1O. The van der Waals surface area contributed by atoms with Gasteiger partial charge >= 0.3 is 0 Å². The first-order valence-electron chi connectivity index (χ1n) is 5.52. The highest BCUT2D eigenvalue weighted by Gasteiger charge is 2.32. The van der Waals surface area contributed by atoms with Crippen molar-refractivity contribution in [3.05, 3.63) is 0 Å². The number of hydrogen-bond donors (Lipinski definition) is 2. The van der Waals surface area contributed by atoms with E-state index in [9.17, 15) is 10.2 Å². The van der Waals surface area contributed by atoms with Gasteiger partial charge in [0.25, 0.3) is 0 Å². The van der Waals surface area contributed by atoms with E-state index in [-0.39, 0.29) is 0 Å². The monoisotopic (exact) mass is 218 g/mol. The normalized spacial score (nSPS) is 42.8. The Bertz CT molecular complexity index is 178. The van der Waals surface area contributed by atoms with Gasteiger partial charge in [-0.1, -0.05) is 0 Å². The van der Waals surface area contributed by atoms with Crippen LogP contribution in [0.2, 0.25) is 0 Å². The molecule has 88 valence electrons. The van der Waals surface area contributed by atoms with E-state index < -0.39 is 24.8 Å². The maximum Gasteiger partial charge on any atom is 0.186 e. The lowest BCUT2D eigenvalue weighted by molar-refractivity contribution is -0.312. The average molecular weight is 218 g/mol. The first-order chi connectivity index (χ1) is 7.27. The Hall–Kier alpha value is -0.200. The Labute approximate surface area is 88.9 Å². The van der Waals surface area contributed by atoms with Crippen molar-refractivity contribution in [3.63, 3.8) is 0 Å². The maximum atomic E-state index is 9.60. The molecule has 5 nitrogen and oxygen atoms in total. The Morgan fingerprint density at radius 1 is 0.867 bits per heavy atom. The minimum atomic E-state index is -0.656. The molecule has 0 bridgehead atoms. The van der Waals surface area contributed by atoms with Crippen molar-refractivity contribution in [3.8, 4) is 0 Å². The van der Waals surface area contributed by atoms with E-state index >= 15 is 0 Å². The van der Waals surface area contributed by atoms with Crippen molar-refractivity contribution < 1.29 is 24.4 Å². The lowest BCUT2D eigenvalue weighted by Crippen LogP contribution is -2.45. The lowest BCUT2D eigenvalue weighted by Gasteiger charge is -2.34. The van der Waals surface area contributed by atoms with Crippen LogP contribution in [0, 0.1) is 0 Å². The first-order valence-corrected chi connectivity index (χ1v) is 5.52. The van der Waals surface area contributed by atoms with Crippen molar-refractivity contribution in [1.29, 1.82) is 0 Å². The Kier molecular flexibility index (Phi) is 3.93. The van der Waals surface area contributed by atoms with Gasteiger partial charge < -0.3 is 24.4 Å². The molecule has 2 fully saturated rings. The fraction of sp³-hybridized carbons (Fsp3) is 1.00. The molecule has 5 heteroatoms. The standard InChI is InChI=1S/C10H18O5/c11-7-3-1-5-13-9(7)15-10-8(12)4-2-6-14-10/h7-12H,1-6H2. The summed E-state index contributed by atoms with van der Waals surface area (Å²) >= 11 is 0. The summed E-state index contributed by atoms with van der Waals surface area (Å²) in [5, 5.41) is 19.2. The van der Waals surface area contributed by atoms with E-state index in [1.54, 1.807) is 0 Å². The molecule has 0 aromatic rings. The summed E-state index contributed by atoms with van der Waals surface area (Å²) in [6.45, 7) is 1.18. The third-order valence-corrected chi connectivity index (χ3v) is 2.75. The molecule has 2 N–H and O–H groups in total. The Balaban J connectivity index is 1.83. The van der Waals surface area contributed by atoms with Crippen LogP contribution in [-0.4, -0.2) is 48.2 Å². The minimum Gasteiger partial charge on any atom is -0.388 e. The molecule has 0 saturated carbocycles. The van der Waals surface area contributed by atoms with Gasteiger partial charge in [0.05, 0.1) is 0 Å². The van der Waals surface area contributed by atoms with Gasteiger partial charge in [0.1, 0.15) is 12.2 Å². The van der Waals surface area contributed by atoms with Crippen molar-refractivity contribution in [1.82, 2.24) is 0 Å². The fourth-order valence-corrected chi connectivity index (χ4v) is 1.87. The molecular formula is C10H18O5. The zero-order valence-corrected chi connectivity index (χ0v) is 8.67. The molecule has 2 heterocycles. The summed E-state index contributed by atoms with van der Waals surface area (Å²) in [5.41, 5.74) is 0. The molecule has 2 saturated heterocycles. The van der Waals surface area contributed by atoms with Crippen LogP contribution in [0.5, 0.6) is 0 Å². The van der Waals surface area contributed by atoms with Gasteiger partial charge in [-0.3, -0.25) is 0 Å². The highest BCUT2D eigenvalue weighted by atomic mass is 16.8. The highest BCUT2D eigenvalue weighted by molar-refractivity contribution is 4.71. The van der Waals surface area contributed by atoms with Crippen LogP contribution in [0.1, 0.15) is 25.7 Å². The van der Waals surface area contributed by atoms with Crippen molar-refractivity contribution in [2.45, 2.75) is 50.5 Å². The van der Waals surface area contributed by atoms with Crippen LogP contribution >= 0.6 is 0 Å². The number of hydrogen-bond acceptors (Lipinski definition) is 5. The third-order valence-electron chi connectivity index (χ3n) is 2.75. The van der Waals surface area contributed by atoms with Crippen LogP contribution in [0.4, 0.5) is 0 Å². The average Bonchev–Trinajstić information content (AvgIpc) is 2.24. The van der Waals surface area contributed by atoms with E-state index in [0.717, 1.165) is 12.8 Å². The van der Waals surface area contributed by atoms with Gasteiger partial charge in [-0.25, -0.2) is 0 Å². The fourth-order valence-electron chi connectivity index (χ4n) is 1.87. The van der Waals surface area contributed by atoms with Crippen LogP contribution in [0.25, 0.3) is 0 Å². The minimum absolute atomic E-state index is 0.588. The number of ether oxygens (including phenoxy) is 3. The van der Waals surface area contributed by atoms with Crippen LogP contribution < -0.4 is 0 Å². The second-order valence-electron chi connectivity index (χ2n) is 4.03. The summed E-state index contributed by atoms with van der Waals surface area (Å²) in [6, 6.07) is 0. The van der Waals surface area contributed by atoms with Crippen LogP contribution in [0.3, 0.4) is 0 Å². The van der Waals surface area contributed by atoms with Gasteiger partial charge in [0.15, 0.2) is 12.6 Å². The summed E-state index contributed by atoms with van der Waals surface area (Å²) in [6.07, 6.45) is 0.492. The predicted molar refractivity (Wildman–Crippen MR) is 51.0 cm³/mol. The molecular weight excluding hydrogens is 200 g/mol. The third kappa shape index (κ3) is 2.89. The van der Waals surface area contributed by atoms with E-state index in [1.165, 1.54) is 0 Å². The summed E-state index contributed by atoms with van der Waals surface area (Å²) in [4.78, 5) is 0. The zero-order valence-electron chi connectivity index (χ0n) is 8.67. The first kappa shape index (κ1) is 11.3. The molecule has 0 aromatic carbocycles. The molecule has 0 radical (unpaired) electrons. The predicted octanol–water partition coefficient (Wildman–Crippen LogP) is -0.00220. The second kappa shape index (κ2) is 5.23. The molecule has 4 atom stereocenters. The second-order valence-corrected chi connectivity index (χ2v) is 4.03. The molecule has 15 heavy (non-hydrogen) atoms. The highest BCUT2D eigenvalue weighted by Crippen LogP contribution is 2.21. The molecule has 2 rings (SSSR count). The van der Waals surface area contributed by atoms with Crippen molar-refractivity contribution in [2.75, 3.05) is 13.2 Å². The Morgan fingerprint density at radius 3 is 1.73 bits per heavy atom. The van der Waals surface area contributed by atoms with Gasteiger partial charge in [0.2, 0.25) is 0 Å². The summed E-state index contributed by atoms with van der Waals surface area (Å²) in [5.74, 6) is 0. The van der Waals surface area contributed by atoms with E-state index in [4.69, 9.17) is 14.2 Å². The molecule has 0 aliphatic carbocycles. The number of rotatable bonds is 2. The van der Waals surface area contributed by atoms with Gasteiger partial charge in [-0.05, 0) is 25.7 Å². The molecule has 4 unspecified atom stereocenters. The van der Waals surface area contributed by atoms with Crippen molar-refractivity contribution >= 4 is 0 Å². The number of aliphatic hydroxyl groups is 2. The topological polar surface area (TPSA) is 68.2 Å². The largest absolute Gasteiger partial charge is 0.388 e. The molecule has 2 aliphatic rings. The zero-order chi connectivity index (χ0) is 10.7. The lowest BCUT2D eigenvalue weighted by atomic mass is 10.1. The Morgan fingerprint density at radius 2 is 1.33 bits per heavy atom.